The van der Waals surface area contributed by atoms with Gasteiger partial charge < -0.3 is 10.6 Å². The molecule has 1 saturated carbocycles. The van der Waals surface area contributed by atoms with Gasteiger partial charge in [-0.1, -0.05) is 12.8 Å². The van der Waals surface area contributed by atoms with E-state index in [1.807, 2.05) is 0 Å². The molecular formula is C22H26F2N4O4S. The molecule has 0 spiro atoms. The highest BCUT2D eigenvalue weighted by Gasteiger charge is 2.33. The summed E-state index contributed by atoms with van der Waals surface area (Å²) in [5, 5.41) is 10.0. The molecule has 0 saturated heterocycles. The van der Waals surface area contributed by atoms with Crippen LogP contribution < -0.4 is 10.6 Å². The zero-order valence-electron chi connectivity index (χ0n) is 18.2. The standard InChI is InChI=1S/C22H26F2N4O4S/c1-33(31,32)12-19(29)26-21-20-18(27-28(21)7-6-13-2-3-13)11-17(25-22(20)30)5-4-14-8-15(23)10-16(24)9-14/h8-10,13,17H,2-7,11-12H2,1H3,(H,25,30)(H,26,29)/t17-/m0/s1. The van der Waals surface area contributed by atoms with Crippen LogP contribution in [-0.4, -0.2) is 48.1 Å². The van der Waals surface area contributed by atoms with E-state index in [1.54, 1.807) is 4.68 Å². The maximum atomic E-state index is 13.4. The highest BCUT2D eigenvalue weighted by atomic mass is 32.2. The van der Waals surface area contributed by atoms with Crippen molar-refractivity contribution >= 4 is 27.5 Å². The highest BCUT2D eigenvalue weighted by Crippen LogP contribution is 2.34. The number of aryl methyl sites for hydroxylation is 2. The predicted molar refractivity (Wildman–Crippen MR) is 118 cm³/mol. The Morgan fingerprint density at radius 2 is 1.91 bits per heavy atom. The number of anilines is 1. The summed E-state index contributed by atoms with van der Waals surface area (Å²) in [7, 11) is -3.53. The van der Waals surface area contributed by atoms with E-state index in [2.05, 4.69) is 15.7 Å². The van der Waals surface area contributed by atoms with Crippen molar-refractivity contribution < 1.29 is 26.8 Å². The minimum absolute atomic E-state index is 0.211. The van der Waals surface area contributed by atoms with E-state index in [-0.39, 0.29) is 17.4 Å². The van der Waals surface area contributed by atoms with E-state index in [9.17, 15) is 26.8 Å². The Morgan fingerprint density at radius 1 is 1.21 bits per heavy atom. The quantitative estimate of drug-likeness (QED) is 0.572. The number of aromatic nitrogens is 2. The SMILES string of the molecule is CS(=O)(=O)CC(=O)Nc1c2c(nn1CCC1CC1)C[C@H](CCc1cc(F)cc(F)c1)NC2=O. The fraction of sp³-hybridized carbons (Fsp3) is 0.500. The molecule has 1 fully saturated rings. The molecule has 2 N–H and O–H groups in total. The first-order chi connectivity index (χ1) is 15.6. The smallest absolute Gasteiger partial charge is 0.257 e. The van der Waals surface area contributed by atoms with Crippen LogP contribution in [0, 0.1) is 17.6 Å². The van der Waals surface area contributed by atoms with Gasteiger partial charge in [-0.25, -0.2) is 21.9 Å². The fourth-order valence-corrected chi connectivity index (χ4v) is 4.66. The number of benzene rings is 1. The van der Waals surface area contributed by atoms with Crippen LogP contribution in [0.4, 0.5) is 14.6 Å². The van der Waals surface area contributed by atoms with Gasteiger partial charge >= 0.3 is 0 Å². The van der Waals surface area contributed by atoms with Gasteiger partial charge in [0.05, 0.1) is 5.69 Å². The number of carbonyl (C=O) groups excluding carboxylic acids is 2. The first-order valence-electron chi connectivity index (χ1n) is 10.9. The first kappa shape index (κ1) is 23.3. The van der Waals surface area contributed by atoms with Gasteiger partial charge in [-0.15, -0.1) is 0 Å². The van der Waals surface area contributed by atoms with Crippen molar-refractivity contribution in [2.75, 3.05) is 17.3 Å². The Labute approximate surface area is 190 Å². The number of carbonyl (C=O) groups is 2. The summed E-state index contributed by atoms with van der Waals surface area (Å²) >= 11 is 0. The van der Waals surface area contributed by atoms with Gasteiger partial charge in [0.25, 0.3) is 5.91 Å². The van der Waals surface area contributed by atoms with Crippen LogP contribution in [0.3, 0.4) is 0 Å². The summed E-state index contributed by atoms with van der Waals surface area (Å²) in [6, 6.07) is 3.05. The number of fused-ring (bicyclic) bond motifs is 1. The fourth-order valence-electron chi connectivity index (χ4n) is 4.11. The summed E-state index contributed by atoms with van der Waals surface area (Å²) < 4.78 is 51.5. The lowest BCUT2D eigenvalue weighted by atomic mass is 9.96. The van der Waals surface area contributed by atoms with Crippen LogP contribution in [0.2, 0.25) is 0 Å². The Balaban J connectivity index is 1.52. The molecule has 1 aliphatic carbocycles. The van der Waals surface area contributed by atoms with Crippen molar-refractivity contribution in [2.45, 2.75) is 51.1 Å². The van der Waals surface area contributed by atoms with Crippen LogP contribution in [0.1, 0.15) is 47.3 Å². The molecule has 1 aromatic heterocycles. The second kappa shape index (κ2) is 9.20. The van der Waals surface area contributed by atoms with E-state index in [1.165, 1.54) is 12.1 Å². The van der Waals surface area contributed by atoms with Crippen LogP contribution in [0.5, 0.6) is 0 Å². The highest BCUT2D eigenvalue weighted by molar-refractivity contribution is 7.91. The lowest BCUT2D eigenvalue weighted by Gasteiger charge is -2.23. The third-order valence-electron chi connectivity index (χ3n) is 5.83. The third kappa shape index (κ3) is 6.16. The molecule has 0 unspecified atom stereocenters. The molecule has 4 rings (SSSR count). The van der Waals surface area contributed by atoms with E-state index >= 15 is 0 Å². The molecule has 1 aromatic carbocycles. The van der Waals surface area contributed by atoms with Gasteiger partial charge in [-0.2, -0.15) is 5.10 Å². The largest absolute Gasteiger partial charge is 0.349 e. The number of nitrogens with one attached hydrogen (secondary N) is 2. The van der Waals surface area contributed by atoms with Crippen molar-refractivity contribution in [2.24, 2.45) is 5.92 Å². The normalized spacial score (nSPS) is 18.0. The average molecular weight is 481 g/mol. The molecule has 2 amide bonds. The number of halogens is 2. The summed E-state index contributed by atoms with van der Waals surface area (Å²) in [5.74, 6) is -2.33. The molecule has 2 heterocycles. The van der Waals surface area contributed by atoms with Crippen molar-refractivity contribution in [3.8, 4) is 0 Å². The maximum Gasteiger partial charge on any atom is 0.257 e. The molecule has 0 bridgehead atoms. The van der Waals surface area contributed by atoms with Gasteiger partial charge in [-0.3, -0.25) is 9.59 Å². The van der Waals surface area contributed by atoms with E-state index in [4.69, 9.17) is 0 Å². The molecule has 0 radical (unpaired) electrons. The topological polar surface area (TPSA) is 110 Å². The molecule has 8 nitrogen and oxygen atoms in total. The lowest BCUT2D eigenvalue weighted by molar-refractivity contribution is -0.113. The zero-order chi connectivity index (χ0) is 23.8. The first-order valence-corrected chi connectivity index (χ1v) is 13.0. The molecule has 1 aliphatic heterocycles. The molecule has 33 heavy (non-hydrogen) atoms. The molecule has 11 heteroatoms. The third-order valence-corrected chi connectivity index (χ3v) is 6.61. The van der Waals surface area contributed by atoms with Gasteiger partial charge in [0.2, 0.25) is 5.91 Å². The molecular weight excluding hydrogens is 454 g/mol. The minimum Gasteiger partial charge on any atom is -0.349 e. The van der Waals surface area contributed by atoms with Crippen molar-refractivity contribution in [3.63, 3.8) is 0 Å². The van der Waals surface area contributed by atoms with Crippen LogP contribution in [-0.2, 0) is 34.0 Å². The average Bonchev–Trinajstić information content (AvgIpc) is 3.45. The summed E-state index contributed by atoms with van der Waals surface area (Å²) in [6.07, 6.45) is 5.32. The summed E-state index contributed by atoms with van der Waals surface area (Å²) in [5.41, 5.74) is 1.25. The number of hydrogen-bond donors (Lipinski definition) is 2. The van der Waals surface area contributed by atoms with Crippen LogP contribution in [0.25, 0.3) is 0 Å². The lowest BCUT2D eigenvalue weighted by Crippen LogP contribution is -2.41. The molecule has 1 atom stereocenters. The zero-order valence-corrected chi connectivity index (χ0v) is 19.1. The van der Waals surface area contributed by atoms with Gasteiger partial charge in [0.1, 0.15) is 28.8 Å². The Kier molecular flexibility index (Phi) is 6.51. The second-order valence-electron chi connectivity index (χ2n) is 8.93. The monoisotopic (exact) mass is 480 g/mol. The number of amides is 2. The van der Waals surface area contributed by atoms with Gasteiger partial charge in [0.15, 0.2) is 9.84 Å². The van der Waals surface area contributed by atoms with Crippen LogP contribution in [0.15, 0.2) is 18.2 Å². The van der Waals surface area contributed by atoms with E-state index in [0.29, 0.717) is 43.0 Å². The van der Waals surface area contributed by atoms with Gasteiger partial charge in [-0.05, 0) is 42.9 Å². The van der Waals surface area contributed by atoms with Crippen molar-refractivity contribution in [1.29, 1.82) is 0 Å². The number of hydrogen-bond acceptors (Lipinski definition) is 5. The summed E-state index contributed by atoms with van der Waals surface area (Å²) in [4.78, 5) is 25.2. The Morgan fingerprint density at radius 3 is 2.55 bits per heavy atom. The number of nitrogens with zero attached hydrogens (tertiary/aromatic N) is 2. The summed E-state index contributed by atoms with van der Waals surface area (Å²) in [6.45, 7) is 0.507. The number of sulfone groups is 1. The molecule has 2 aliphatic rings. The minimum atomic E-state index is -3.53. The van der Waals surface area contributed by atoms with Crippen molar-refractivity contribution in [3.05, 3.63) is 46.7 Å². The Hall–Kier alpha value is -2.82. The molecule has 178 valence electrons. The second-order valence-corrected chi connectivity index (χ2v) is 11.1. The van der Waals surface area contributed by atoms with Crippen molar-refractivity contribution in [1.82, 2.24) is 15.1 Å². The maximum absolute atomic E-state index is 13.4. The number of rotatable bonds is 9. The molecule has 2 aromatic rings. The van der Waals surface area contributed by atoms with E-state index < -0.39 is 39.0 Å². The van der Waals surface area contributed by atoms with Gasteiger partial charge in [0, 0.05) is 31.3 Å². The van der Waals surface area contributed by atoms with Crippen LogP contribution >= 0.6 is 0 Å². The predicted octanol–water partition coefficient (Wildman–Crippen LogP) is 2.23. The Bertz CT molecular complexity index is 1170. The van der Waals surface area contributed by atoms with E-state index in [0.717, 1.165) is 31.6 Å².